The van der Waals surface area contributed by atoms with Crippen molar-refractivity contribution in [1.82, 2.24) is 9.88 Å². The van der Waals surface area contributed by atoms with Gasteiger partial charge in [-0.2, -0.15) is 0 Å². The number of benzene rings is 1. The predicted molar refractivity (Wildman–Crippen MR) is 80.4 cm³/mol. The van der Waals surface area contributed by atoms with Crippen molar-refractivity contribution in [2.24, 2.45) is 0 Å². The number of aliphatic hydroxyl groups excluding tert-OH is 1. The molecule has 1 saturated heterocycles. The fourth-order valence-electron chi connectivity index (χ4n) is 3.05. The number of carboxylic acids is 1. The summed E-state index contributed by atoms with van der Waals surface area (Å²) < 4.78 is 0. The Morgan fingerprint density at radius 1 is 1.32 bits per heavy atom. The lowest BCUT2D eigenvalue weighted by molar-refractivity contribution is -0.148. The molecule has 22 heavy (non-hydrogen) atoms. The normalized spacial score (nSPS) is 21.4. The molecule has 1 aromatic heterocycles. The number of β-amino-alcohol motifs (C(OH)–C–C–N with tert-alkyl or cyclic N) is 1. The van der Waals surface area contributed by atoms with Crippen molar-refractivity contribution in [3.05, 3.63) is 36.0 Å². The molecule has 2 aromatic rings. The second kappa shape index (κ2) is 5.81. The molecule has 1 unspecified atom stereocenters. The van der Waals surface area contributed by atoms with Gasteiger partial charge >= 0.3 is 5.97 Å². The van der Waals surface area contributed by atoms with Gasteiger partial charge in [0.25, 0.3) is 0 Å². The third kappa shape index (κ3) is 2.69. The molecule has 0 aliphatic carbocycles. The average Bonchev–Trinajstić information content (AvgIpc) is 3.08. The van der Waals surface area contributed by atoms with Gasteiger partial charge in [-0.05, 0) is 18.1 Å². The lowest BCUT2D eigenvalue weighted by Crippen LogP contribution is -2.40. The number of carbonyl (C=O) groups excluding carboxylic acids is 1. The smallest absolute Gasteiger partial charge is 0.326 e. The van der Waals surface area contributed by atoms with E-state index in [2.05, 4.69) is 4.98 Å². The summed E-state index contributed by atoms with van der Waals surface area (Å²) >= 11 is 0. The number of fused-ring (bicyclic) bond motifs is 1. The molecule has 1 amide bonds. The van der Waals surface area contributed by atoms with E-state index in [0.717, 1.165) is 16.5 Å². The van der Waals surface area contributed by atoms with Gasteiger partial charge in [-0.1, -0.05) is 18.2 Å². The Balaban J connectivity index is 1.68. The summed E-state index contributed by atoms with van der Waals surface area (Å²) in [7, 11) is 0. The zero-order valence-corrected chi connectivity index (χ0v) is 12.0. The number of nitrogens with one attached hydrogen (secondary N) is 1. The van der Waals surface area contributed by atoms with Crippen LogP contribution in [0.3, 0.4) is 0 Å². The molecule has 6 nitrogen and oxygen atoms in total. The van der Waals surface area contributed by atoms with Gasteiger partial charge in [-0.25, -0.2) is 4.79 Å². The van der Waals surface area contributed by atoms with E-state index in [4.69, 9.17) is 5.11 Å². The van der Waals surface area contributed by atoms with Gasteiger partial charge in [0.05, 0.1) is 6.10 Å². The number of hydrogen-bond acceptors (Lipinski definition) is 3. The van der Waals surface area contributed by atoms with Crippen LogP contribution in [0.1, 0.15) is 18.4 Å². The Labute approximate surface area is 127 Å². The minimum Gasteiger partial charge on any atom is -0.480 e. The van der Waals surface area contributed by atoms with Crippen molar-refractivity contribution in [3.63, 3.8) is 0 Å². The van der Waals surface area contributed by atoms with E-state index in [1.807, 2.05) is 30.5 Å². The van der Waals surface area contributed by atoms with E-state index in [1.165, 1.54) is 4.90 Å². The van der Waals surface area contributed by atoms with Gasteiger partial charge in [0, 0.05) is 36.5 Å². The molecule has 1 fully saturated rings. The number of likely N-dealkylation sites (tertiary alicyclic amines) is 1. The van der Waals surface area contributed by atoms with Gasteiger partial charge in [0.2, 0.25) is 5.91 Å². The Morgan fingerprint density at radius 2 is 2.09 bits per heavy atom. The SMILES string of the molecule is O=C(O)[C@@H]1CC(O)CN1C(=O)CCc1c[nH]c2ccccc12. The van der Waals surface area contributed by atoms with Crippen molar-refractivity contribution in [2.45, 2.75) is 31.4 Å². The van der Waals surface area contributed by atoms with Crippen LogP contribution in [-0.2, 0) is 16.0 Å². The number of aromatic nitrogens is 1. The van der Waals surface area contributed by atoms with E-state index >= 15 is 0 Å². The summed E-state index contributed by atoms with van der Waals surface area (Å²) in [5, 5.41) is 19.8. The molecule has 0 saturated carbocycles. The molecule has 0 spiro atoms. The van der Waals surface area contributed by atoms with Crippen LogP contribution in [0.5, 0.6) is 0 Å². The first-order valence-electron chi connectivity index (χ1n) is 7.31. The lowest BCUT2D eigenvalue weighted by atomic mass is 10.1. The first-order valence-corrected chi connectivity index (χ1v) is 7.31. The number of carboxylic acid groups (broad SMARTS) is 1. The van der Waals surface area contributed by atoms with Crippen molar-refractivity contribution >= 4 is 22.8 Å². The van der Waals surface area contributed by atoms with E-state index in [9.17, 15) is 14.7 Å². The highest BCUT2D eigenvalue weighted by atomic mass is 16.4. The van der Waals surface area contributed by atoms with Gasteiger partial charge in [0.15, 0.2) is 0 Å². The monoisotopic (exact) mass is 302 g/mol. The van der Waals surface area contributed by atoms with Crippen molar-refractivity contribution in [1.29, 1.82) is 0 Å². The van der Waals surface area contributed by atoms with Crippen LogP contribution in [0.15, 0.2) is 30.5 Å². The summed E-state index contributed by atoms with van der Waals surface area (Å²) in [4.78, 5) is 27.9. The van der Waals surface area contributed by atoms with Crippen molar-refractivity contribution < 1.29 is 19.8 Å². The highest BCUT2D eigenvalue weighted by Gasteiger charge is 2.38. The molecule has 3 rings (SSSR count). The standard InChI is InChI=1S/C16H18N2O4/c19-11-7-14(16(21)22)18(9-11)15(20)6-5-10-8-17-13-4-2-1-3-12(10)13/h1-4,8,11,14,17,19H,5-7,9H2,(H,21,22)/t11?,14-/m0/s1. The molecule has 3 N–H and O–H groups in total. The maximum absolute atomic E-state index is 12.3. The number of nitrogens with zero attached hydrogens (tertiary/aromatic N) is 1. The largest absolute Gasteiger partial charge is 0.480 e. The van der Waals surface area contributed by atoms with Gasteiger partial charge in [0.1, 0.15) is 6.04 Å². The van der Waals surface area contributed by atoms with E-state index in [-0.39, 0.29) is 25.3 Å². The van der Waals surface area contributed by atoms with E-state index in [0.29, 0.717) is 6.42 Å². The Kier molecular flexibility index (Phi) is 3.85. The third-order valence-electron chi connectivity index (χ3n) is 4.17. The molecule has 0 bridgehead atoms. The zero-order valence-electron chi connectivity index (χ0n) is 12.0. The molecule has 2 heterocycles. The number of hydrogen-bond donors (Lipinski definition) is 3. The van der Waals surface area contributed by atoms with Crippen LogP contribution in [0, 0.1) is 0 Å². The topological polar surface area (TPSA) is 93.6 Å². The highest BCUT2D eigenvalue weighted by Crippen LogP contribution is 2.22. The molecule has 6 heteroatoms. The molecule has 0 radical (unpaired) electrons. The van der Waals surface area contributed by atoms with Crippen LogP contribution in [-0.4, -0.2) is 50.7 Å². The second-order valence-corrected chi connectivity index (χ2v) is 5.65. The zero-order chi connectivity index (χ0) is 15.7. The number of carbonyl (C=O) groups is 2. The van der Waals surface area contributed by atoms with E-state index < -0.39 is 18.1 Å². The summed E-state index contributed by atoms with van der Waals surface area (Å²) in [6.07, 6.45) is 2.01. The molecular weight excluding hydrogens is 284 g/mol. The number of aliphatic hydroxyl groups is 1. The molecule has 1 aromatic carbocycles. The Morgan fingerprint density at radius 3 is 2.86 bits per heavy atom. The number of aliphatic carboxylic acids is 1. The van der Waals surface area contributed by atoms with Crippen LogP contribution < -0.4 is 0 Å². The summed E-state index contributed by atoms with van der Waals surface area (Å²) in [6.45, 7) is 0.101. The Bertz CT molecular complexity index is 709. The quantitative estimate of drug-likeness (QED) is 0.789. The summed E-state index contributed by atoms with van der Waals surface area (Å²) in [6, 6.07) is 6.93. The number of H-pyrrole nitrogens is 1. The lowest BCUT2D eigenvalue weighted by Gasteiger charge is -2.21. The van der Waals surface area contributed by atoms with Crippen LogP contribution in [0.4, 0.5) is 0 Å². The Hall–Kier alpha value is -2.34. The predicted octanol–water partition coefficient (Wildman–Crippen LogP) is 1.15. The number of aromatic amines is 1. The molecule has 2 atom stereocenters. The van der Waals surface area contributed by atoms with E-state index in [1.54, 1.807) is 0 Å². The highest BCUT2D eigenvalue weighted by molar-refractivity contribution is 5.86. The first kappa shape index (κ1) is 14.6. The van der Waals surface area contributed by atoms with Crippen LogP contribution in [0.25, 0.3) is 10.9 Å². The minimum atomic E-state index is -1.06. The van der Waals surface area contributed by atoms with Crippen molar-refractivity contribution in [3.8, 4) is 0 Å². The third-order valence-corrected chi connectivity index (χ3v) is 4.17. The van der Waals surface area contributed by atoms with Crippen LogP contribution in [0.2, 0.25) is 0 Å². The van der Waals surface area contributed by atoms with Crippen LogP contribution >= 0.6 is 0 Å². The fourth-order valence-corrected chi connectivity index (χ4v) is 3.05. The molecule has 116 valence electrons. The maximum Gasteiger partial charge on any atom is 0.326 e. The average molecular weight is 302 g/mol. The number of aryl methyl sites for hydroxylation is 1. The number of para-hydroxylation sites is 1. The molecular formula is C16H18N2O4. The first-order chi connectivity index (χ1) is 10.6. The molecule has 1 aliphatic heterocycles. The summed E-state index contributed by atoms with van der Waals surface area (Å²) in [5.41, 5.74) is 2.06. The second-order valence-electron chi connectivity index (χ2n) is 5.65. The number of amides is 1. The number of rotatable bonds is 4. The maximum atomic E-state index is 12.3. The van der Waals surface area contributed by atoms with Gasteiger partial charge in [-0.3, -0.25) is 4.79 Å². The minimum absolute atomic E-state index is 0.101. The van der Waals surface area contributed by atoms with Crippen molar-refractivity contribution in [2.75, 3.05) is 6.54 Å². The van der Waals surface area contributed by atoms with Gasteiger partial charge < -0.3 is 20.1 Å². The summed E-state index contributed by atoms with van der Waals surface area (Å²) in [5.74, 6) is -1.29. The fraction of sp³-hybridized carbons (Fsp3) is 0.375. The molecule has 1 aliphatic rings. The van der Waals surface area contributed by atoms with Gasteiger partial charge in [-0.15, -0.1) is 0 Å².